The molecular weight excluding hydrogens is 232 g/mol. The summed E-state index contributed by atoms with van der Waals surface area (Å²) < 4.78 is 0. The summed E-state index contributed by atoms with van der Waals surface area (Å²) in [4.78, 5) is 2.67. The molecule has 1 aliphatic rings. The van der Waals surface area contributed by atoms with Gasteiger partial charge in [-0.15, -0.1) is 0 Å². The second-order valence-corrected chi connectivity index (χ2v) is 6.69. The van der Waals surface area contributed by atoms with E-state index in [9.17, 15) is 0 Å². The van der Waals surface area contributed by atoms with E-state index in [1.807, 2.05) is 0 Å². The van der Waals surface area contributed by atoms with Crippen LogP contribution in [0.5, 0.6) is 0 Å². The summed E-state index contributed by atoms with van der Waals surface area (Å²) in [6.45, 7) is 9.13. The van der Waals surface area contributed by atoms with Crippen LogP contribution in [-0.2, 0) is 0 Å². The first kappa shape index (κ1) is 17.0. The topological polar surface area (TPSA) is 29.3 Å². The maximum Gasteiger partial charge on any atom is 0.0221 e. The van der Waals surface area contributed by atoms with Gasteiger partial charge in [-0.2, -0.15) is 0 Å². The van der Waals surface area contributed by atoms with Gasteiger partial charge in [-0.3, -0.25) is 4.90 Å². The van der Waals surface area contributed by atoms with Crippen molar-refractivity contribution in [1.82, 2.24) is 4.90 Å². The molecule has 2 N–H and O–H groups in total. The van der Waals surface area contributed by atoms with Crippen molar-refractivity contribution in [1.29, 1.82) is 0 Å². The fourth-order valence-electron chi connectivity index (χ4n) is 3.60. The van der Waals surface area contributed by atoms with Gasteiger partial charge in [0.2, 0.25) is 0 Å². The molecule has 0 aliphatic carbocycles. The Morgan fingerprint density at radius 2 is 1.68 bits per heavy atom. The minimum atomic E-state index is 0.635. The third-order valence-electron chi connectivity index (χ3n) is 4.71. The average molecular weight is 268 g/mol. The van der Waals surface area contributed by atoms with Crippen LogP contribution in [0.4, 0.5) is 0 Å². The molecule has 0 aromatic heterocycles. The number of nitrogens with zero attached hydrogens (tertiary/aromatic N) is 1. The molecule has 0 spiro atoms. The van der Waals surface area contributed by atoms with Crippen LogP contribution in [0.3, 0.4) is 0 Å². The molecule has 0 aromatic carbocycles. The lowest BCUT2D eigenvalue weighted by Crippen LogP contribution is -2.42. The molecule has 1 fully saturated rings. The zero-order valence-electron chi connectivity index (χ0n) is 13.5. The molecule has 19 heavy (non-hydrogen) atoms. The standard InChI is InChI=1S/C17H36N2/c1-4-5-6-7-8-9-10-11-17(13-18)19-14-15(2)12-16(19)3/h15-17H,4-14,18H2,1-3H3. The highest BCUT2D eigenvalue weighted by molar-refractivity contribution is 4.86. The maximum absolute atomic E-state index is 6.00. The molecule has 1 rings (SSSR count). The molecular formula is C17H36N2. The summed E-state index contributed by atoms with van der Waals surface area (Å²) in [6.07, 6.45) is 12.5. The molecule has 3 atom stereocenters. The summed E-state index contributed by atoms with van der Waals surface area (Å²) in [5, 5.41) is 0. The molecule has 3 unspecified atom stereocenters. The fraction of sp³-hybridized carbons (Fsp3) is 1.00. The minimum Gasteiger partial charge on any atom is -0.329 e. The lowest BCUT2D eigenvalue weighted by atomic mass is 10.0. The number of rotatable bonds is 10. The van der Waals surface area contributed by atoms with Crippen LogP contribution in [0.1, 0.15) is 78.6 Å². The van der Waals surface area contributed by atoms with Gasteiger partial charge in [-0.1, -0.05) is 58.8 Å². The van der Waals surface area contributed by atoms with E-state index in [0.29, 0.717) is 6.04 Å². The molecule has 0 amide bonds. The number of hydrogen-bond donors (Lipinski definition) is 1. The molecule has 1 saturated heterocycles. The van der Waals surface area contributed by atoms with Crippen molar-refractivity contribution in [2.45, 2.75) is 90.6 Å². The molecule has 2 heteroatoms. The second kappa shape index (κ2) is 9.77. The third kappa shape index (κ3) is 6.27. The first-order chi connectivity index (χ1) is 9.19. The van der Waals surface area contributed by atoms with Gasteiger partial charge in [-0.25, -0.2) is 0 Å². The third-order valence-corrected chi connectivity index (χ3v) is 4.71. The summed E-state index contributed by atoms with van der Waals surface area (Å²) in [5.41, 5.74) is 6.00. The van der Waals surface area contributed by atoms with Gasteiger partial charge in [0.1, 0.15) is 0 Å². The molecule has 2 nitrogen and oxygen atoms in total. The molecule has 0 radical (unpaired) electrons. The number of nitrogens with two attached hydrogens (primary N) is 1. The smallest absolute Gasteiger partial charge is 0.0221 e. The quantitative estimate of drug-likeness (QED) is 0.602. The van der Waals surface area contributed by atoms with Crippen molar-refractivity contribution in [3.8, 4) is 0 Å². The van der Waals surface area contributed by atoms with Gasteiger partial charge in [0.05, 0.1) is 0 Å². The van der Waals surface area contributed by atoms with E-state index in [4.69, 9.17) is 5.73 Å². The summed E-state index contributed by atoms with van der Waals surface area (Å²) >= 11 is 0. The van der Waals surface area contributed by atoms with Crippen molar-refractivity contribution >= 4 is 0 Å². The Balaban J connectivity index is 2.12. The Labute approximate surface area is 121 Å². The van der Waals surface area contributed by atoms with Crippen molar-refractivity contribution in [3.63, 3.8) is 0 Å². The molecule has 0 aromatic rings. The molecule has 114 valence electrons. The molecule has 1 heterocycles. The van der Waals surface area contributed by atoms with Gasteiger partial charge < -0.3 is 5.73 Å². The van der Waals surface area contributed by atoms with Crippen LogP contribution in [0.2, 0.25) is 0 Å². The van der Waals surface area contributed by atoms with E-state index in [1.54, 1.807) is 0 Å². The lowest BCUT2D eigenvalue weighted by molar-refractivity contribution is 0.178. The predicted molar refractivity (Wildman–Crippen MR) is 85.4 cm³/mol. The van der Waals surface area contributed by atoms with Crippen molar-refractivity contribution < 1.29 is 0 Å². The van der Waals surface area contributed by atoms with E-state index in [1.165, 1.54) is 64.3 Å². The highest BCUT2D eigenvalue weighted by Gasteiger charge is 2.30. The summed E-state index contributed by atoms with van der Waals surface area (Å²) in [7, 11) is 0. The fourth-order valence-corrected chi connectivity index (χ4v) is 3.60. The van der Waals surface area contributed by atoms with Crippen molar-refractivity contribution in [2.24, 2.45) is 11.7 Å². The zero-order chi connectivity index (χ0) is 14.1. The Hall–Kier alpha value is -0.0800. The Bertz CT molecular complexity index is 217. The monoisotopic (exact) mass is 268 g/mol. The van der Waals surface area contributed by atoms with E-state index in [-0.39, 0.29) is 0 Å². The van der Waals surface area contributed by atoms with Crippen LogP contribution >= 0.6 is 0 Å². The van der Waals surface area contributed by atoms with Crippen LogP contribution in [0, 0.1) is 5.92 Å². The summed E-state index contributed by atoms with van der Waals surface area (Å²) in [6, 6.07) is 1.38. The van der Waals surface area contributed by atoms with Gasteiger partial charge in [0, 0.05) is 25.2 Å². The molecule has 0 bridgehead atoms. The Morgan fingerprint density at radius 3 is 2.21 bits per heavy atom. The minimum absolute atomic E-state index is 0.635. The highest BCUT2D eigenvalue weighted by atomic mass is 15.2. The Kier molecular flexibility index (Phi) is 8.72. The SMILES string of the molecule is CCCCCCCCCC(CN)N1CC(C)CC1C. The maximum atomic E-state index is 6.00. The first-order valence-electron chi connectivity index (χ1n) is 8.64. The van der Waals surface area contributed by atoms with E-state index < -0.39 is 0 Å². The summed E-state index contributed by atoms with van der Waals surface area (Å²) in [5.74, 6) is 0.859. The number of likely N-dealkylation sites (tertiary alicyclic amines) is 1. The zero-order valence-corrected chi connectivity index (χ0v) is 13.5. The van der Waals surface area contributed by atoms with Crippen LogP contribution in [0.15, 0.2) is 0 Å². The number of hydrogen-bond acceptors (Lipinski definition) is 2. The first-order valence-corrected chi connectivity index (χ1v) is 8.64. The van der Waals surface area contributed by atoms with E-state index in [2.05, 4.69) is 25.7 Å². The number of unbranched alkanes of at least 4 members (excludes halogenated alkanes) is 6. The van der Waals surface area contributed by atoms with Gasteiger partial charge in [0.25, 0.3) is 0 Å². The molecule has 0 saturated carbocycles. The van der Waals surface area contributed by atoms with Crippen molar-refractivity contribution in [2.75, 3.05) is 13.1 Å². The Morgan fingerprint density at radius 1 is 1.05 bits per heavy atom. The van der Waals surface area contributed by atoms with E-state index >= 15 is 0 Å². The van der Waals surface area contributed by atoms with Gasteiger partial charge in [0.15, 0.2) is 0 Å². The second-order valence-electron chi connectivity index (χ2n) is 6.69. The average Bonchev–Trinajstić information content (AvgIpc) is 2.72. The normalized spacial score (nSPS) is 25.9. The van der Waals surface area contributed by atoms with Crippen molar-refractivity contribution in [3.05, 3.63) is 0 Å². The van der Waals surface area contributed by atoms with Crippen LogP contribution in [-0.4, -0.2) is 30.1 Å². The van der Waals surface area contributed by atoms with Gasteiger partial charge in [-0.05, 0) is 25.7 Å². The van der Waals surface area contributed by atoms with Gasteiger partial charge >= 0.3 is 0 Å². The largest absolute Gasteiger partial charge is 0.329 e. The molecule has 1 aliphatic heterocycles. The van der Waals surface area contributed by atoms with E-state index in [0.717, 1.165) is 18.5 Å². The lowest BCUT2D eigenvalue weighted by Gasteiger charge is -2.30. The van der Waals surface area contributed by atoms with Crippen LogP contribution < -0.4 is 5.73 Å². The predicted octanol–water partition coefficient (Wildman–Crippen LogP) is 4.18. The highest BCUT2D eigenvalue weighted by Crippen LogP contribution is 2.26. The van der Waals surface area contributed by atoms with Crippen LogP contribution in [0.25, 0.3) is 0 Å².